The van der Waals surface area contributed by atoms with E-state index in [9.17, 15) is 0 Å². The summed E-state index contributed by atoms with van der Waals surface area (Å²) in [6, 6.07) is 38.0. The van der Waals surface area contributed by atoms with Crippen LogP contribution in [0.2, 0.25) is 0 Å². The number of allylic oxidation sites excluding steroid dienone is 1. The number of hydrogen-bond acceptors (Lipinski definition) is 1. The van der Waals surface area contributed by atoms with E-state index in [1.165, 1.54) is 43.9 Å². The van der Waals surface area contributed by atoms with Gasteiger partial charge >= 0.3 is 0 Å². The maximum atomic E-state index is 2.43. The first-order valence-electron chi connectivity index (χ1n) is 11.1. The highest BCUT2D eigenvalue weighted by atomic mass is 31.1. The first-order valence-corrected chi connectivity index (χ1v) is 12.5. The van der Waals surface area contributed by atoms with E-state index in [1.807, 2.05) is 0 Å². The number of anilines is 1. The van der Waals surface area contributed by atoms with E-state index >= 15 is 0 Å². The van der Waals surface area contributed by atoms with Crippen molar-refractivity contribution in [3.05, 3.63) is 125 Å². The van der Waals surface area contributed by atoms with Crippen LogP contribution < -0.4 is 20.8 Å². The zero-order valence-electron chi connectivity index (χ0n) is 18.9. The van der Waals surface area contributed by atoms with Crippen LogP contribution in [-0.2, 0) is 0 Å². The molecule has 5 rings (SSSR count). The van der Waals surface area contributed by atoms with Crippen LogP contribution in [-0.4, -0.2) is 14.1 Å². The van der Waals surface area contributed by atoms with Gasteiger partial charge in [0, 0.05) is 25.7 Å². The molecule has 0 saturated heterocycles. The van der Waals surface area contributed by atoms with Gasteiger partial charge < -0.3 is 4.90 Å². The fourth-order valence-electron chi connectivity index (χ4n) is 4.72. The van der Waals surface area contributed by atoms with Crippen LogP contribution in [0.5, 0.6) is 0 Å². The Balaban J connectivity index is 1.77. The number of rotatable bonds is 5. The van der Waals surface area contributed by atoms with E-state index in [2.05, 4.69) is 135 Å². The molecule has 0 saturated carbocycles. The summed E-state index contributed by atoms with van der Waals surface area (Å²) in [4.78, 5) is 2.21. The molecule has 0 aliphatic heterocycles. The first kappa shape index (κ1) is 20.7. The molecule has 4 aromatic rings. The fraction of sp³-hybridized carbons (Fsp3) is 0.133. The highest BCUT2D eigenvalue weighted by Gasteiger charge is 2.29. The molecule has 1 unspecified atom stereocenters. The molecule has 1 atom stereocenters. The summed E-state index contributed by atoms with van der Waals surface area (Å²) in [7, 11) is 3.57. The fourth-order valence-corrected chi connectivity index (χ4v) is 7.24. The Morgan fingerprint density at radius 1 is 0.656 bits per heavy atom. The quantitative estimate of drug-likeness (QED) is 0.346. The van der Waals surface area contributed by atoms with Crippen LogP contribution in [0.4, 0.5) is 5.69 Å². The molecule has 0 N–H and O–H groups in total. The second-order valence-corrected chi connectivity index (χ2v) is 10.8. The van der Waals surface area contributed by atoms with Gasteiger partial charge in [-0.3, -0.25) is 0 Å². The molecule has 0 radical (unpaired) electrons. The highest BCUT2D eigenvalue weighted by Crippen LogP contribution is 2.44. The lowest BCUT2D eigenvalue weighted by atomic mass is 9.89. The second-order valence-electron chi connectivity index (χ2n) is 8.59. The van der Waals surface area contributed by atoms with Gasteiger partial charge in [0.2, 0.25) is 0 Å². The maximum Gasteiger partial charge on any atom is 0.0367 e. The van der Waals surface area contributed by atoms with Crippen LogP contribution in [0.1, 0.15) is 29.5 Å². The standard InChI is InChI=1S/C30H28NP/c1-22-20-23-12-10-11-17-27(23)30(22)28-19-18-24(31(2)3)21-29(28)32(25-13-6-4-7-14-25)26-15-8-5-9-16-26/h4-21,30H,1-3H3. The van der Waals surface area contributed by atoms with E-state index in [0.29, 0.717) is 5.92 Å². The van der Waals surface area contributed by atoms with Gasteiger partial charge in [-0.25, -0.2) is 0 Å². The van der Waals surface area contributed by atoms with Crippen LogP contribution in [0.25, 0.3) is 6.08 Å². The minimum atomic E-state index is -0.686. The average Bonchev–Trinajstić information content (AvgIpc) is 3.16. The summed E-state index contributed by atoms with van der Waals surface area (Å²) in [5.74, 6) is 0.301. The number of fused-ring (bicyclic) bond motifs is 1. The minimum absolute atomic E-state index is 0.301. The first-order chi connectivity index (χ1) is 15.6. The highest BCUT2D eigenvalue weighted by molar-refractivity contribution is 7.80. The van der Waals surface area contributed by atoms with Gasteiger partial charge in [-0.1, -0.05) is 103 Å². The van der Waals surface area contributed by atoms with Gasteiger partial charge in [0.25, 0.3) is 0 Å². The number of hydrogen-bond donors (Lipinski definition) is 0. The molecule has 32 heavy (non-hydrogen) atoms. The molecule has 0 amide bonds. The Morgan fingerprint density at radius 3 is 1.88 bits per heavy atom. The minimum Gasteiger partial charge on any atom is -0.378 e. The van der Waals surface area contributed by atoms with Gasteiger partial charge in [0.1, 0.15) is 0 Å². The predicted molar refractivity (Wildman–Crippen MR) is 141 cm³/mol. The third-order valence-corrected chi connectivity index (χ3v) is 8.75. The van der Waals surface area contributed by atoms with Gasteiger partial charge in [0.05, 0.1) is 0 Å². The van der Waals surface area contributed by atoms with Crippen molar-refractivity contribution < 1.29 is 0 Å². The van der Waals surface area contributed by atoms with Crippen LogP contribution >= 0.6 is 7.92 Å². The molecule has 1 nitrogen and oxygen atoms in total. The molecule has 0 fully saturated rings. The third-order valence-electron chi connectivity index (χ3n) is 6.26. The summed E-state index contributed by atoms with van der Waals surface area (Å²) in [6.45, 7) is 2.28. The zero-order valence-corrected chi connectivity index (χ0v) is 19.8. The van der Waals surface area contributed by atoms with Gasteiger partial charge in [-0.2, -0.15) is 0 Å². The normalized spacial score (nSPS) is 14.9. The molecule has 2 heteroatoms. The zero-order chi connectivity index (χ0) is 22.1. The van der Waals surface area contributed by atoms with Crippen molar-refractivity contribution in [2.45, 2.75) is 12.8 Å². The summed E-state index contributed by atoms with van der Waals surface area (Å²) >= 11 is 0. The lowest BCUT2D eigenvalue weighted by Gasteiger charge is -2.28. The Morgan fingerprint density at radius 2 is 1.25 bits per heavy atom. The lowest BCUT2D eigenvalue weighted by molar-refractivity contribution is 0.983. The van der Waals surface area contributed by atoms with E-state index in [-0.39, 0.29) is 0 Å². The Kier molecular flexibility index (Phi) is 5.68. The molecule has 4 aromatic carbocycles. The summed E-state index contributed by atoms with van der Waals surface area (Å²) in [5.41, 5.74) is 6.85. The smallest absolute Gasteiger partial charge is 0.0367 e. The molecule has 158 valence electrons. The van der Waals surface area contributed by atoms with Crippen LogP contribution in [0.15, 0.2) is 109 Å². The molecule has 1 aliphatic carbocycles. The van der Waals surface area contributed by atoms with E-state index in [4.69, 9.17) is 0 Å². The van der Waals surface area contributed by atoms with Crippen molar-refractivity contribution in [1.82, 2.24) is 0 Å². The summed E-state index contributed by atoms with van der Waals surface area (Å²) in [5, 5.41) is 4.22. The van der Waals surface area contributed by atoms with Crippen molar-refractivity contribution in [2.24, 2.45) is 0 Å². The topological polar surface area (TPSA) is 3.24 Å². The Labute approximate surface area is 192 Å². The monoisotopic (exact) mass is 433 g/mol. The van der Waals surface area contributed by atoms with Crippen molar-refractivity contribution in [3.63, 3.8) is 0 Å². The molecule has 0 aromatic heterocycles. The SMILES string of the molecule is CC1=Cc2ccccc2C1c1ccc(N(C)C)cc1P(c1ccccc1)c1ccccc1. The van der Waals surface area contributed by atoms with Gasteiger partial charge in [0.15, 0.2) is 0 Å². The maximum absolute atomic E-state index is 2.43. The number of benzene rings is 4. The average molecular weight is 434 g/mol. The van der Waals surface area contributed by atoms with Crippen molar-refractivity contribution in [2.75, 3.05) is 19.0 Å². The molecular formula is C30H28NP. The van der Waals surface area contributed by atoms with E-state index < -0.39 is 7.92 Å². The molecule has 0 bridgehead atoms. The van der Waals surface area contributed by atoms with E-state index in [0.717, 1.165) is 0 Å². The Bertz CT molecular complexity index is 1220. The largest absolute Gasteiger partial charge is 0.378 e. The summed E-state index contributed by atoms with van der Waals surface area (Å²) in [6.07, 6.45) is 2.36. The van der Waals surface area contributed by atoms with E-state index in [1.54, 1.807) is 0 Å². The van der Waals surface area contributed by atoms with Crippen molar-refractivity contribution in [3.8, 4) is 0 Å². The van der Waals surface area contributed by atoms with Gasteiger partial charge in [-0.05, 0) is 59.6 Å². The predicted octanol–water partition coefficient (Wildman–Crippen LogP) is 6.06. The van der Waals surface area contributed by atoms with Gasteiger partial charge in [-0.15, -0.1) is 0 Å². The molecule has 1 aliphatic rings. The number of nitrogens with zero attached hydrogens (tertiary/aromatic N) is 1. The molecule has 0 spiro atoms. The lowest BCUT2D eigenvalue weighted by Crippen LogP contribution is -2.26. The van der Waals surface area contributed by atoms with Crippen molar-refractivity contribution in [1.29, 1.82) is 0 Å². The Hall–Kier alpha value is -3.15. The molecular weight excluding hydrogens is 405 g/mol. The second kappa shape index (κ2) is 8.77. The summed E-state index contributed by atoms with van der Waals surface area (Å²) < 4.78 is 0. The van der Waals surface area contributed by atoms with Crippen LogP contribution in [0, 0.1) is 0 Å². The third kappa shape index (κ3) is 3.78. The molecule has 0 heterocycles. The van der Waals surface area contributed by atoms with Crippen molar-refractivity contribution >= 4 is 35.6 Å². The van der Waals surface area contributed by atoms with Crippen LogP contribution in [0.3, 0.4) is 0 Å².